The van der Waals surface area contributed by atoms with E-state index in [4.69, 9.17) is 0 Å². The number of carbonyl (C=O) groups is 2. The molecule has 130 valence electrons. The molecule has 0 spiro atoms. The summed E-state index contributed by atoms with van der Waals surface area (Å²) in [6, 6.07) is 7.61. The lowest BCUT2D eigenvalue weighted by molar-refractivity contribution is -0.136. The van der Waals surface area contributed by atoms with E-state index in [2.05, 4.69) is 22.1 Å². The highest BCUT2D eigenvalue weighted by Gasteiger charge is 2.14. The fourth-order valence-corrected chi connectivity index (χ4v) is 2.52. The summed E-state index contributed by atoms with van der Waals surface area (Å²) in [5, 5.41) is 15.7. The quantitative estimate of drug-likeness (QED) is 0.681. The summed E-state index contributed by atoms with van der Waals surface area (Å²) in [6.45, 7) is 5.15. The molecule has 2 aromatic rings. The number of fused-ring (bicyclic) bond motifs is 1. The van der Waals surface area contributed by atoms with Crippen LogP contribution in [0.5, 0.6) is 0 Å². The van der Waals surface area contributed by atoms with E-state index in [1.165, 1.54) is 0 Å². The molecule has 3 N–H and O–H groups in total. The minimum atomic E-state index is -0.700. The Morgan fingerprint density at radius 1 is 1.21 bits per heavy atom. The van der Waals surface area contributed by atoms with Crippen LogP contribution >= 0.6 is 0 Å². The second kappa shape index (κ2) is 8.49. The molecule has 0 radical (unpaired) electrons. The van der Waals surface area contributed by atoms with Crippen LogP contribution in [-0.2, 0) is 16.1 Å². The van der Waals surface area contributed by atoms with E-state index < -0.39 is 17.9 Å². The van der Waals surface area contributed by atoms with Gasteiger partial charge in [0.05, 0.1) is 11.6 Å². The second-order valence-electron chi connectivity index (χ2n) is 5.84. The van der Waals surface area contributed by atoms with Crippen LogP contribution in [0.3, 0.4) is 0 Å². The molecule has 0 saturated heterocycles. The lowest BCUT2D eigenvalue weighted by Gasteiger charge is -2.10. The number of anilines is 1. The molecule has 0 bridgehead atoms. The van der Waals surface area contributed by atoms with Gasteiger partial charge in [0, 0.05) is 25.0 Å². The first-order valence-corrected chi connectivity index (χ1v) is 8.41. The predicted molar refractivity (Wildman–Crippen MR) is 94.8 cm³/mol. The average molecular weight is 331 g/mol. The molecule has 1 aromatic carbocycles. The fraction of sp³-hybridized carbons (Fsp3) is 0.444. The summed E-state index contributed by atoms with van der Waals surface area (Å²) in [4.78, 5) is 23.7. The van der Waals surface area contributed by atoms with Crippen LogP contribution in [0.25, 0.3) is 10.9 Å². The number of nitrogens with zero attached hydrogens (tertiary/aromatic N) is 1. The van der Waals surface area contributed by atoms with E-state index in [1.54, 1.807) is 6.07 Å². The molecule has 2 rings (SSSR count). The van der Waals surface area contributed by atoms with Crippen molar-refractivity contribution in [3.8, 4) is 0 Å². The third kappa shape index (κ3) is 4.58. The monoisotopic (exact) mass is 331 g/mol. The van der Waals surface area contributed by atoms with Crippen LogP contribution in [0.15, 0.2) is 30.5 Å². The summed E-state index contributed by atoms with van der Waals surface area (Å²) in [7, 11) is 0. The maximum Gasteiger partial charge on any atom is 0.313 e. The molecule has 0 aliphatic carbocycles. The Kier molecular flexibility index (Phi) is 6.37. The number of hydrogen-bond donors (Lipinski definition) is 3. The van der Waals surface area contributed by atoms with Gasteiger partial charge in [0.25, 0.3) is 0 Å². The maximum atomic E-state index is 12.0. The first-order valence-electron chi connectivity index (χ1n) is 8.41. The number of rotatable bonds is 7. The highest BCUT2D eigenvalue weighted by molar-refractivity contribution is 6.39. The topological polar surface area (TPSA) is 83.4 Å². The average Bonchev–Trinajstić information content (AvgIpc) is 2.97. The van der Waals surface area contributed by atoms with E-state index in [-0.39, 0.29) is 6.54 Å². The number of benzene rings is 1. The highest BCUT2D eigenvalue weighted by Crippen LogP contribution is 2.20. The van der Waals surface area contributed by atoms with Gasteiger partial charge in [0.1, 0.15) is 0 Å². The normalized spacial score (nSPS) is 12.1. The van der Waals surface area contributed by atoms with E-state index in [0.29, 0.717) is 18.5 Å². The van der Waals surface area contributed by atoms with E-state index in [9.17, 15) is 14.7 Å². The Morgan fingerprint density at radius 2 is 2.00 bits per heavy atom. The molecule has 24 heavy (non-hydrogen) atoms. The van der Waals surface area contributed by atoms with Crippen LogP contribution in [0, 0.1) is 0 Å². The molecule has 0 fully saturated rings. The summed E-state index contributed by atoms with van der Waals surface area (Å²) in [5.41, 5.74) is 1.62. The Morgan fingerprint density at radius 3 is 2.71 bits per heavy atom. The Labute approximate surface area is 141 Å². The smallest absolute Gasteiger partial charge is 0.313 e. The van der Waals surface area contributed by atoms with Gasteiger partial charge in [-0.2, -0.15) is 0 Å². The third-order valence-corrected chi connectivity index (χ3v) is 3.94. The van der Waals surface area contributed by atoms with Crippen molar-refractivity contribution in [2.75, 3.05) is 11.9 Å². The first-order chi connectivity index (χ1) is 11.5. The molecule has 0 aliphatic rings. The second-order valence-corrected chi connectivity index (χ2v) is 5.84. The number of aliphatic hydroxyl groups is 1. The van der Waals surface area contributed by atoms with Crippen LogP contribution in [-0.4, -0.2) is 34.1 Å². The minimum Gasteiger partial charge on any atom is -0.393 e. The molecule has 1 aromatic heterocycles. The molecule has 2 amide bonds. The van der Waals surface area contributed by atoms with Gasteiger partial charge >= 0.3 is 11.8 Å². The van der Waals surface area contributed by atoms with Crippen LogP contribution in [0.1, 0.15) is 33.1 Å². The number of hydrogen-bond acceptors (Lipinski definition) is 3. The van der Waals surface area contributed by atoms with E-state index in [1.807, 2.05) is 31.3 Å². The summed E-state index contributed by atoms with van der Waals surface area (Å²) < 4.78 is 2.12. The van der Waals surface area contributed by atoms with Crippen molar-refractivity contribution in [1.82, 2.24) is 9.88 Å². The van der Waals surface area contributed by atoms with Crippen molar-refractivity contribution in [1.29, 1.82) is 0 Å². The Bertz CT molecular complexity index is 709. The number of aliphatic hydroxyl groups excluding tert-OH is 1. The van der Waals surface area contributed by atoms with Gasteiger partial charge in [-0.1, -0.05) is 19.9 Å². The fourth-order valence-electron chi connectivity index (χ4n) is 2.52. The SMILES string of the molecule is CCCn1ccc2ccc(NC(=O)C(=O)NCCC(O)CC)cc21. The van der Waals surface area contributed by atoms with Crippen molar-refractivity contribution in [2.45, 2.75) is 45.8 Å². The van der Waals surface area contributed by atoms with Crippen molar-refractivity contribution >= 4 is 28.4 Å². The molecule has 0 saturated carbocycles. The molecule has 0 aliphatic heterocycles. The van der Waals surface area contributed by atoms with Crippen molar-refractivity contribution in [2.24, 2.45) is 0 Å². The van der Waals surface area contributed by atoms with Gasteiger partial charge in [0.15, 0.2) is 0 Å². The van der Waals surface area contributed by atoms with Gasteiger partial charge in [-0.3, -0.25) is 9.59 Å². The lowest BCUT2D eigenvalue weighted by Crippen LogP contribution is -2.36. The van der Waals surface area contributed by atoms with Gasteiger partial charge in [-0.15, -0.1) is 0 Å². The first kappa shape index (κ1) is 18.0. The van der Waals surface area contributed by atoms with Crippen LogP contribution in [0.4, 0.5) is 5.69 Å². The van der Waals surface area contributed by atoms with Gasteiger partial charge < -0.3 is 20.3 Å². The molecule has 1 heterocycles. The van der Waals surface area contributed by atoms with Gasteiger partial charge in [0.2, 0.25) is 0 Å². The third-order valence-electron chi connectivity index (χ3n) is 3.94. The molecule has 1 atom stereocenters. The number of amides is 2. The van der Waals surface area contributed by atoms with Crippen LogP contribution < -0.4 is 10.6 Å². The predicted octanol–water partition coefficient (Wildman–Crippen LogP) is 2.27. The number of aryl methyl sites for hydroxylation is 1. The van der Waals surface area contributed by atoms with Crippen molar-refractivity contribution in [3.63, 3.8) is 0 Å². The summed E-state index contributed by atoms with van der Waals surface area (Å²) >= 11 is 0. The number of carbonyl (C=O) groups excluding carboxylic acids is 2. The van der Waals surface area contributed by atoms with E-state index >= 15 is 0 Å². The number of nitrogens with one attached hydrogen (secondary N) is 2. The molecular formula is C18H25N3O3. The lowest BCUT2D eigenvalue weighted by atomic mass is 10.2. The largest absolute Gasteiger partial charge is 0.393 e. The zero-order valence-electron chi connectivity index (χ0n) is 14.2. The summed E-state index contributed by atoms with van der Waals surface area (Å²) in [6.07, 6.45) is 3.64. The number of aromatic nitrogens is 1. The van der Waals surface area contributed by atoms with Crippen molar-refractivity contribution < 1.29 is 14.7 Å². The van der Waals surface area contributed by atoms with Gasteiger partial charge in [-0.05, 0) is 42.8 Å². The van der Waals surface area contributed by atoms with Gasteiger partial charge in [-0.25, -0.2) is 0 Å². The van der Waals surface area contributed by atoms with Crippen molar-refractivity contribution in [3.05, 3.63) is 30.5 Å². The zero-order valence-corrected chi connectivity index (χ0v) is 14.2. The van der Waals surface area contributed by atoms with E-state index in [0.717, 1.165) is 23.9 Å². The van der Waals surface area contributed by atoms with Crippen LogP contribution in [0.2, 0.25) is 0 Å². The summed E-state index contributed by atoms with van der Waals surface area (Å²) in [5.74, 6) is -1.39. The minimum absolute atomic E-state index is 0.277. The molecule has 1 unspecified atom stereocenters. The molecule has 6 heteroatoms. The highest BCUT2D eigenvalue weighted by atomic mass is 16.3. The molecule has 6 nitrogen and oxygen atoms in total. The Hall–Kier alpha value is -2.34. The maximum absolute atomic E-state index is 12.0. The zero-order chi connectivity index (χ0) is 17.5. The Balaban J connectivity index is 1.96. The molecular weight excluding hydrogens is 306 g/mol. The standard InChI is InChI=1S/C18H25N3O3/c1-3-10-21-11-8-13-5-6-14(12-16(13)21)20-18(24)17(23)19-9-7-15(22)4-2/h5-6,8,11-12,15,22H,3-4,7,9-10H2,1-2H3,(H,19,23)(H,20,24).